The molecule has 5 rings (SSSR count). The minimum Gasteiger partial charge on any atom is -0.545 e. The predicted octanol–water partition coefficient (Wildman–Crippen LogP) is 3.50. The first-order valence-corrected chi connectivity index (χ1v) is 10.5. The van der Waals surface area contributed by atoms with Crippen molar-refractivity contribution in [3.8, 4) is 0 Å². The monoisotopic (exact) mass is 513 g/mol. The molecule has 6 nitrogen and oxygen atoms in total. The van der Waals surface area contributed by atoms with Crippen molar-refractivity contribution < 1.29 is 36.9 Å². The van der Waals surface area contributed by atoms with Crippen LogP contribution >= 0.6 is 0 Å². The van der Waals surface area contributed by atoms with E-state index in [-0.39, 0.29) is 28.2 Å². The molecule has 0 aliphatic rings. The van der Waals surface area contributed by atoms with Crippen LogP contribution in [0.3, 0.4) is 0 Å². The van der Waals surface area contributed by atoms with E-state index in [0.717, 1.165) is 32.9 Å². The number of rotatable bonds is 2. The molecule has 0 atom stereocenters. The molecule has 0 unspecified atom stereocenters. The van der Waals surface area contributed by atoms with Crippen molar-refractivity contribution >= 4 is 33.7 Å². The van der Waals surface area contributed by atoms with Crippen LogP contribution in [-0.4, -0.2) is 21.9 Å². The van der Waals surface area contributed by atoms with Gasteiger partial charge in [-0.05, 0) is 37.1 Å². The minimum atomic E-state index is -1.12. The Morgan fingerprint density at radius 3 is 1.31 bits per heavy atom. The number of pyridine rings is 2. The third kappa shape index (κ3) is 7.74. The third-order valence-corrected chi connectivity index (χ3v) is 4.85. The fourth-order valence-corrected chi connectivity index (χ4v) is 3.22. The van der Waals surface area contributed by atoms with Crippen LogP contribution in [0.2, 0.25) is 0 Å². The molecular formula is C28H22CuN2O4. The molecule has 2 aromatic heterocycles. The first-order chi connectivity index (χ1) is 16.3. The predicted molar refractivity (Wildman–Crippen MR) is 128 cm³/mol. The number of carboxylic acid groups (broad SMARTS) is 2. The largest absolute Gasteiger partial charge is 2.00 e. The van der Waals surface area contributed by atoms with Gasteiger partial charge < -0.3 is 19.8 Å². The molecule has 0 amide bonds. The Morgan fingerprint density at radius 1 is 0.600 bits per heavy atom. The van der Waals surface area contributed by atoms with E-state index >= 15 is 0 Å². The number of hydrogen-bond donors (Lipinski definition) is 0. The summed E-state index contributed by atoms with van der Waals surface area (Å²) >= 11 is 0. The number of fused-ring (bicyclic) bond motifs is 3. The number of hydrogen-bond acceptors (Lipinski definition) is 6. The summed E-state index contributed by atoms with van der Waals surface area (Å²) in [4.78, 5) is 29.2. The number of benzene rings is 3. The van der Waals surface area contributed by atoms with E-state index in [1.54, 1.807) is 36.7 Å². The van der Waals surface area contributed by atoms with E-state index in [9.17, 15) is 19.8 Å². The molecule has 0 bridgehead atoms. The van der Waals surface area contributed by atoms with Crippen LogP contribution < -0.4 is 10.2 Å². The average Bonchev–Trinajstić information content (AvgIpc) is 2.85. The second-order valence-electron chi connectivity index (χ2n) is 7.53. The maximum atomic E-state index is 10.2. The van der Waals surface area contributed by atoms with E-state index in [2.05, 4.69) is 34.2 Å². The summed E-state index contributed by atoms with van der Waals surface area (Å²) in [5.41, 5.74) is 4.29. The SMILES string of the molecule is Cc1cccc(C(=O)[O-])c1.Cc1cccc(C(=O)[O-])c1.[Cu+2].c1cnc2c(c1)ccc1cccnc12. The number of carbonyl (C=O) groups is 2. The van der Waals surface area contributed by atoms with E-state index in [0.29, 0.717) is 0 Å². The van der Waals surface area contributed by atoms with Gasteiger partial charge in [0.05, 0.1) is 23.0 Å². The van der Waals surface area contributed by atoms with Gasteiger partial charge in [0.15, 0.2) is 0 Å². The zero-order chi connectivity index (χ0) is 24.5. The molecule has 7 heteroatoms. The third-order valence-electron chi connectivity index (χ3n) is 4.85. The minimum absolute atomic E-state index is 0. The molecule has 0 aliphatic carbocycles. The molecule has 179 valence electrons. The zero-order valence-electron chi connectivity index (χ0n) is 19.1. The van der Waals surface area contributed by atoms with Gasteiger partial charge >= 0.3 is 17.1 Å². The Balaban J connectivity index is 0.000000187. The fourth-order valence-electron chi connectivity index (χ4n) is 3.22. The van der Waals surface area contributed by atoms with Crippen molar-refractivity contribution in [1.29, 1.82) is 0 Å². The number of carboxylic acids is 2. The molecule has 3 aromatic carbocycles. The van der Waals surface area contributed by atoms with Gasteiger partial charge in [-0.1, -0.05) is 83.9 Å². The van der Waals surface area contributed by atoms with Gasteiger partial charge in [-0.25, -0.2) is 0 Å². The van der Waals surface area contributed by atoms with Crippen LogP contribution in [0.5, 0.6) is 0 Å². The van der Waals surface area contributed by atoms with Crippen molar-refractivity contribution in [2.24, 2.45) is 0 Å². The van der Waals surface area contributed by atoms with E-state index in [4.69, 9.17) is 0 Å². The first-order valence-electron chi connectivity index (χ1n) is 10.5. The Kier molecular flexibility index (Phi) is 10.1. The van der Waals surface area contributed by atoms with Gasteiger partial charge in [-0.3, -0.25) is 9.97 Å². The van der Waals surface area contributed by atoms with Crippen LogP contribution in [0.1, 0.15) is 31.8 Å². The summed E-state index contributed by atoms with van der Waals surface area (Å²) in [6.45, 7) is 3.68. The molecule has 35 heavy (non-hydrogen) atoms. The Bertz CT molecular complexity index is 1340. The van der Waals surface area contributed by atoms with E-state index in [1.807, 2.05) is 38.1 Å². The topological polar surface area (TPSA) is 106 Å². The van der Waals surface area contributed by atoms with Crippen LogP contribution in [0.4, 0.5) is 0 Å². The molecule has 5 aromatic rings. The van der Waals surface area contributed by atoms with Crippen molar-refractivity contribution in [1.82, 2.24) is 9.97 Å². The van der Waals surface area contributed by atoms with Gasteiger partial charge in [-0.2, -0.15) is 0 Å². The van der Waals surface area contributed by atoms with Gasteiger partial charge in [0.1, 0.15) is 0 Å². The molecule has 0 saturated heterocycles. The Morgan fingerprint density at radius 2 is 1.00 bits per heavy atom. The summed E-state index contributed by atoms with van der Waals surface area (Å²) < 4.78 is 0. The Labute approximate surface area is 213 Å². The molecule has 1 radical (unpaired) electrons. The van der Waals surface area contributed by atoms with Gasteiger partial charge in [-0.15, -0.1) is 0 Å². The first kappa shape index (κ1) is 27.2. The second kappa shape index (κ2) is 13.0. The average molecular weight is 514 g/mol. The molecule has 0 spiro atoms. The summed E-state index contributed by atoms with van der Waals surface area (Å²) in [5, 5.41) is 22.8. The van der Waals surface area contributed by atoms with Gasteiger partial charge in [0.25, 0.3) is 0 Å². The molecule has 0 fully saturated rings. The molecular weight excluding hydrogens is 492 g/mol. The van der Waals surface area contributed by atoms with Crippen molar-refractivity contribution in [2.45, 2.75) is 13.8 Å². The molecule has 2 heterocycles. The van der Waals surface area contributed by atoms with E-state index < -0.39 is 11.9 Å². The fraction of sp³-hybridized carbons (Fsp3) is 0.0714. The van der Waals surface area contributed by atoms with Crippen molar-refractivity contribution in [2.75, 3.05) is 0 Å². The summed E-state index contributed by atoms with van der Waals surface area (Å²) in [7, 11) is 0. The standard InChI is InChI=1S/C12H8N2.2C8H8O2.Cu/c1-3-9-5-6-10-4-2-8-14-12(10)11(9)13-7-1;2*1-6-3-2-4-7(5-6)8(9)10;/h1-8H;2*2-5H,1H3,(H,9,10);/q;;;+2/p-2. The summed E-state index contributed by atoms with van der Waals surface area (Å²) in [6.07, 6.45) is 3.60. The molecule has 0 aliphatic heterocycles. The summed E-state index contributed by atoms with van der Waals surface area (Å²) in [5.74, 6) is -2.24. The van der Waals surface area contributed by atoms with E-state index in [1.165, 1.54) is 12.1 Å². The van der Waals surface area contributed by atoms with Gasteiger partial charge in [0, 0.05) is 23.2 Å². The van der Waals surface area contributed by atoms with Crippen molar-refractivity contribution in [3.63, 3.8) is 0 Å². The number of nitrogens with zero attached hydrogens (tertiary/aromatic N) is 2. The zero-order valence-corrected chi connectivity index (χ0v) is 20.0. The maximum Gasteiger partial charge on any atom is 2.00 e. The van der Waals surface area contributed by atoms with Crippen molar-refractivity contribution in [3.05, 3.63) is 120 Å². The smallest absolute Gasteiger partial charge is 0.545 e. The maximum absolute atomic E-state index is 10.2. The number of aromatic nitrogens is 2. The normalized spacial score (nSPS) is 9.66. The van der Waals surface area contributed by atoms with Crippen LogP contribution in [0.25, 0.3) is 21.8 Å². The second-order valence-corrected chi connectivity index (χ2v) is 7.53. The summed E-state index contributed by atoms with van der Waals surface area (Å²) in [6, 6.07) is 25.4. The van der Waals surface area contributed by atoms with Crippen LogP contribution in [-0.2, 0) is 17.1 Å². The Hall–Kier alpha value is -4.06. The number of carbonyl (C=O) groups excluding carboxylic acids is 2. The van der Waals surface area contributed by atoms with Gasteiger partial charge in [0.2, 0.25) is 0 Å². The number of aromatic carboxylic acids is 2. The molecule has 0 N–H and O–H groups in total. The quantitative estimate of drug-likeness (QED) is 0.264. The number of aryl methyl sites for hydroxylation is 2. The van der Waals surface area contributed by atoms with Crippen LogP contribution in [0.15, 0.2) is 97.3 Å². The molecule has 0 saturated carbocycles. The van der Waals surface area contributed by atoms with Crippen LogP contribution in [0, 0.1) is 13.8 Å².